The number of hydrogen-bond acceptors (Lipinski definition) is 7. The lowest BCUT2D eigenvalue weighted by atomic mass is 10.1. The van der Waals surface area contributed by atoms with Gasteiger partial charge in [0.05, 0.1) is 29.9 Å². The fourth-order valence-electron chi connectivity index (χ4n) is 3.22. The van der Waals surface area contributed by atoms with Crippen LogP contribution in [-0.4, -0.2) is 45.7 Å². The number of aromatic nitrogens is 4. The molecule has 7 heteroatoms. The highest BCUT2D eigenvalue weighted by Gasteiger charge is 2.19. The van der Waals surface area contributed by atoms with Gasteiger partial charge in [-0.3, -0.25) is 9.97 Å². The van der Waals surface area contributed by atoms with Crippen LogP contribution in [0.4, 0.5) is 5.82 Å². The minimum Gasteiger partial charge on any atom is -0.491 e. The van der Waals surface area contributed by atoms with E-state index in [2.05, 4.69) is 20.6 Å². The number of nitrogens with one attached hydrogen (secondary N) is 2. The minimum atomic E-state index is 0.329. The van der Waals surface area contributed by atoms with Crippen LogP contribution in [0.1, 0.15) is 19.8 Å². The molecule has 0 unspecified atom stereocenters. The predicted molar refractivity (Wildman–Crippen MR) is 101 cm³/mol. The Morgan fingerprint density at radius 3 is 2.85 bits per heavy atom. The van der Waals surface area contributed by atoms with Crippen molar-refractivity contribution in [1.82, 2.24) is 25.3 Å². The van der Waals surface area contributed by atoms with E-state index in [9.17, 15) is 0 Å². The third kappa shape index (κ3) is 3.43. The van der Waals surface area contributed by atoms with E-state index in [1.165, 1.54) is 0 Å². The Kier molecular flexibility index (Phi) is 4.88. The van der Waals surface area contributed by atoms with E-state index in [0.717, 1.165) is 48.2 Å². The maximum absolute atomic E-state index is 5.79. The lowest BCUT2D eigenvalue weighted by molar-refractivity contribution is 0.343. The van der Waals surface area contributed by atoms with Gasteiger partial charge in [0.1, 0.15) is 5.82 Å². The molecule has 1 saturated heterocycles. The van der Waals surface area contributed by atoms with Gasteiger partial charge in [0, 0.05) is 30.5 Å². The lowest BCUT2D eigenvalue weighted by Crippen LogP contribution is -2.38. The smallest absolute Gasteiger partial charge is 0.162 e. The third-order valence-corrected chi connectivity index (χ3v) is 4.45. The standard InChI is InChI=1S/C19H22N6O/c1-2-26-16-12-22-11-15-17(16)19(23-14-4-3-7-21-10-14)25-18(24-15)13-5-8-20-9-6-13/h5-6,8-9,11-12,14,21H,2-4,7,10H2,1H3,(H,23,24,25)/t14-/m1/s1. The van der Waals surface area contributed by atoms with Crippen LogP contribution in [0.3, 0.4) is 0 Å². The molecule has 0 amide bonds. The number of piperidine rings is 1. The maximum Gasteiger partial charge on any atom is 0.162 e. The summed E-state index contributed by atoms with van der Waals surface area (Å²) in [5.74, 6) is 2.15. The summed E-state index contributed by atoms with van der Waals surface area (Å²) in [5.41, 5.74) is 1.69. The Morgan fingerprint density at radius 2 is 2.08 bits per heavy atom. The van der Waals surface area contributed by atoms with Gasteiger partial charge in [-0.1, -0.05) is 0 Å². The van der Waals surface area contributed by atoms with E-state index in [0.29, 0.717) is 24.2 Å². The molecule has 1 aliphatic heterocycles. The topological polar surface area (TPSA) is 84.9 Å². The first-order valence-electron chi connectivity index (χ1n) is 9.01. The number of rotatable bonds is 5. The summed E-state index contributed by atoms with van der Waals surface area (Å²) >= 11 is 0. The van der Waals surface area contributed by atoms with Crippen molar-refractivity contribution in [1.29, 1.82) is 0 Å². The number of hydrogen-bond donors (Lipinski definition) is 2. The van der Waals surface area contributed by atoms with Crippen molar-refractivity contribution in [2.24, 2.45) is 0 Å². The van der Waals surface area contributed by atoms with Crippen LogP contribution < -0.4 is 15.4 Å². The molecule has 0 aromatic carbocycles. The summed E-state index contributed by atoms with van der Waals surface area (Å²) in [6.45, 7) is 4.52. The molecule has 1 atom stereocenters. The van der Waals surface area contributed by atoms with E-state index >= 15 is 0 Å². The summed E-state index contributed by atoms with van der Waals surface area (Å²) < 4.78 is 5.79. The third-order valence-electron chi connectivity index (χ3n) is 4.45. The summed E-state index contributed by atoms with van der Waals surface area (Å²) in [4.78, 5) is 17.9. The highest BCUT2D eigenvalue weighted by atomic mass is 16.5. The zero-order valence-corrected chi connectivity index (χ0v) is 14.8. The molecule has 0 spiro atoms. The number of fused-ring (bicyclic) bond motifs is 1. The predicted octanol–water partition coefficient (Wildman–Crippen LogP) is 2.65. The molecule has 1 aliphatic rings. The Hall–Kier alpha value is -2.80. The van der Waals surface area contributed by atoms with Crippen molar-refractivity contribution in [3.8, 4) is 17.1 Å². The van der Waals surface area contributed by atoms with Crippen LogP contribution in [0.15, 0.2) is 36.9 Å². The van der Waals surface area contributed by atoms with Gasteiger partial charge in [-0.05, 0) is 38.4 Å². The number of pyridine rings is 2. The molecular weight excluding hydrogens is 328 g/mol. The highest BCUT2D eigenvalue weighted by molar-refractivity contribution is 5.95. The molecule has 0 bridgehead atoms. The highest BCUT2D eigenvalue weighted by Crippen LogP contribution is 2.32. The average molecular weight is 350 g/mol. The van der Waals surface area contributed by atoms with E-state index in [4.69, 9.17) is 14.7 Å². The fraction of sp³-hybridized carbons (Fsp3) is 0.368. The zero-order valence-electron chi connectivity index (χ0n) is 14.8. The summed E-state index contributed by atoms with van der Waals surface area (Å²) in [7, 11) is 0. The first-order chi connectivity index (χ1) is 12.8. The molecule has 134 valence electrons. The van der Waals surface area contributed by atoms with Crippen LogP contribution in [-0.2, 0) is 0 Å². The molecule has 0 aliphatic carbocycles. The molecule has 3 aromatic heterocycles. The first-order valence-corrected chi connectivity index (χ1v) is 9.01. The summed E-state index contributed by atoms with van der Waals surface area (Å²) in [6.07, 6.45) is 9.24. The van der Waals surface area contributed by atoms with Gasteiger partial charge in [0.2, 0.25) is 0 Å². The van der Waals surface area contributed by atoms with Gasteiger partial charge in [0.15, 0.2) is 11.6 Å². The van der Waals surface area contributed by atoms with E-state index < -0.39 is 0 Å². The molecule has 0 saturated carbocycles. The molecule has 2 N–H and O–H groups in total. The summed E-state index contributed by atoms with van der Waals surface area (Å²) in [6, 6.07) is 4.15. The molecule has 0 radical (unpaired) electrons. The van der Waals surface area contributed by atoms with E-state index in [-0.39, 0.29) is 0 Å². The van der Waals surface area contributed by atoms with Gasteiger partial charge < -0.3 is 15.4 Å². The van der Waals surface area contributed by atoms with Gasteiger partial charge in [-0.15, -0.1) is 0 Å². The first kappa shape index (κ1) is 16.7. The van der Waals surface area contributed by atoms with Gasteiger partial charge in [-0.2, -0.15) is 0 Å². The quantitative estimate of drug-likeness (QED) is 0.732. The Labute approximate surface area is 152 Å². The molecule has 26 heavy (non-hydrogen) atoms. The maximum atomic E-state index is 5.79. The second-order valence-electron chi connectivity index (χ2n) is 6.28. The Bertz CT molecular complexity index is 880. The lowest BCUT2D eigenvalue weighted by Gasteiger charge is -2.25. The largest absolute Gasteiger partial charge is 0.491 e. The van der Waals surface area contributed by atoms with Crippen LogP contribution >= 0.6 is 0 Å². The normalized spacial score (nSPS) is 17.2. The van der Waals surface area contributed by atoms with Gasteiger partial charge >= 0.3 is 0 Å². The molecule has 4 rings (SSSR count). The molecule has 1 fully saturated rings. The zero-order chi connectivity index (χ0) is 17.8. The Balaban J connectivity index is 1.83. The van der Waals surface area contributed by atoms with Crippen molar-refractivity contribution in [3.63, 3.8) is 0 Å². The van der Waals surface area contributed by atoms with Crippen molar-refractivity contribution >= 4 is 16.7 Å². The SMILES string of the molecule is CCOc1cncc2nc(-c3ccncc3)nc(N[C@@H]3CCCNC3)c12. The monoisotopic (exact) mass is 350 g/mol. The second kappa shape index (κ2) is 7.61. The van der Waals surface area contributed by atoms with Crippen LogP contribution in [0.5, 0.6) is 5.75 Å². The van der Waals surface area contributed by atoms with Gasteiger partial charge in [-0.25, -0.2) is 9.97 Å². The number of ether oxygens (including phenoxy) is 1. The molecule has 7 nitrogen and oxygen atoms in total. The fourth-order valence-corrected chi connectivity index (χ4v) is 3.22. The summed E-state index contributed by atoms with van der Waals surface area (Å²) in [5, 5.41) is 7.91. The van der Waals surface area contributed by atoms with Gasteiger partial charge in [0.25, 0.3) is 0 Å². The van der Waals surface area contributed by atoms with E-state index in [1.807, 2.05) is 19.1 Å². The van der Waals surface area contributed by atoms with Crippen molar-refractivity contribution in [2.45, 2.75) is 25.8 Å². The van der Waals surface area contributed by atoms with Crippen LogP contribution in [0, 0.1) is 0 Å². The van der Waals surface area contributed by atoms with E-state index in [1.54, 1.807) is 24.8 Å². The van der Waals surface area contributed by atoms with Crippen molar-refractivity contribution in [3.05, 3.63) is 36.9 Å². The minimum absolute atomic E-state index is 0.329. The molecule has 3 aromatic rings. The Morgan fingerprint density at radius 1 is 1.19 bits per heavy atom. The number of nitrogens with zero attached hydrogens (tertiary/aromatic N) is 4. The second-order valence-corrected chi connectivity index (χ2v) is 6.28. The average Bonchev–Trinajstić information content (AvgIpc) is 2.69. The van der Waals surface area contributed by atoms with Crippen molar-refractivity contribution in [2.75, 3.05) is 25.0 Å². The molecule has 4 heterocycles. The van der Waals surface area contributed by atoms with Crippen molar-refractivity contribution < 1.29 is 4.74 Å². The van der Waals surface area contributed by atoms with Crippen LogP contribution in [0.25, 0.3) is 22.3 Å². The molecular formula is C19H22N6O. The van der Waals surface area contributed by atoms with Crippen LogP contribution in [0.2, 0.25) is 0 Å². The number of anilines is 1.